The van der Waals surface area contributed by atoms with Crippen molar-refractivity contribution in [2.75, 3.05) is 5.32 Å². The number of nitrogens with one attached hydrogen (secondary N) is 3. The van der Waals surface area contributed by atoms with Gasteiger partial charge in [0.2, 0.25) is 0 Å². The van der Waals surface area contributed by atoms with Crippen LogP contribution in [-0.2, 0) is 11.8 Å². The number of aromatic nitrogens is 4. The molecule has 0 bridgehead atoms. The van der Waals surface area contributed by atoms with Crippen LogP contribution in [0.4, 0.5) is 10.6 Å². The van der Waals surface area contributed by atoms with Gasteiger partial charge in [-0.2, -0.15) is 5.10 Å². The molecule has 0 unspecified atom stereocenters. The quantitative estimate of drug-likeness (QED) is 0.597. The lowest BCUT2D eigenvalue weighted by Gasteiger charge is -2.15. The van der Waals surface area contributed by atoms with Crippen molar-refractivity contribution >= 4 is 28.9 Å². The number of carbonyl (C=O) groups excluding carboxylic acids is 2. The largest absolute Gasteiger partial charge is 0.446 e. The van der Waals surface area contributed by atoms with Crippen LogP contribution in [0.1, 0.15) is 55.1 Å². The normalized spacial score (nSPS) is 18.7. The number of pyridine rings is 1. The molecule has 1 fully saturated rings. The minimum Gasteiger partial charge on any atom is -0.446 e. The lowest BCUT2D eigenvalue weighted by atomic mass is 9.99. The monoisotopic (exact) mass is 410 g/mol. The highest BCUT2D eigenvalue weighted by Gasteiger charge is 2.29. The highest BCUT2D eigenvalue weighted by Crippen LogP contribution is 2.36. The summed E-state index contributed by atoms with van der Waals surface area (Å²) in [6.07, 6.45) is 5.56. The fourth-order valence-electron chi connectivity index (χ4n) is 3.83. The molecule has 3 aromatic rings. The SMILES string of the molecule is CC(C)NC(=O)O[C@@H]1CC[C@H](c2cnc3[nH]c(C(=O)Nc4ccnn4C)cc3c2)C1. The number of aryl methyl sites for hydroxylation is 1. The van der Waals surface area contributed by atoms with Gasteiger partial charge >= 0.3 is 6.09 Å². The van der Waals surface area contributed by atoms with Crippen molar-refractivity contribution in [2.45, 2.75) is 51.2 Å². The average Bonchev–Trinajstić information content (AvgIpc) is 3.40. The third kappa shape index (κ3) is 4.29. The number of ether oxygens (including phenoxy) is 1. The van der Waals surface area contributed by atoms with E-state index in [2.05, 4.69) is 31.8 Å². The van der Waals surface area contributed by atoms with E-state index in [1.807, 2.05) is 20.0 Å². The molecule has 0 aliphatic heterocycles. The van der Waals surface area contributed by atoms with Gasteiger partial charge in [-0.1, -0.05) is 0 Å². The van der Waals surface area contributed by atoms with Crippen LogP contribution in [0.15, 0.2) is 30.6 Å². The van der Waals surface area contributed by atoms with E-state index < -0.39 is 0 Å². The Morgan fingerprint density at radius 3 is 2.87 bits per heavy atom. The van der Waals surface area contributed by atoms with Crippen LogP contribution in [0.3, 0.4) is 0 Å². The first kappa shape index (κ1) is 19.9. The van der Waals surface area contributed by atoms with Crippen molar-refractivity contribution in [1.29, 1.82) is 0 Å². The number of alkyl carbamates (subject to hydrolysis) is 1. The molecule has 0 saturated heterocycles. The maximum Gasteiger partial charge on any atom is 0.407 e. The molecular weight excluding hydrogens is 384 g/mol. The maximum absolute atomic E-state index is 12.5. The van der Waals surface area contributed by atoms with Crippen LogP contribution in [0.5, 0.6) is 0 Å². The molecule has 2 atom stereocenters. The van der Waals surface area contributed by atoms with Crippen LogP contribution in [-0.4, -0.2) is 43.9 Å². The molecule has 3 aromatic heterocycles. The number of H-pyrrole nitrogens is 1. The molecule has 1 saturated carbocycles. The average molecular weight is 410 g/mol. The Labute approximate surface area is 174 Å². The molecule has 2 amide bonds. The fourth-order valence-corrected chi connectivity index (χ4v) is 3.83. The van der Waals surface area contributed by atoms with E-state index in [1.165, 1.54) is 0 Å². The summed E-state index contributed by atoms with van der Waals surface area (Å²) in [5.41, 5.74) is 2.19. The lowest BCUT2D eigenvalue weighted by Crippen LogP contribution is -2.33. The summed E-state index contributed by atoms with van der Waals surface area (Å²) in [5, 5.41) is 10.5. The molecule has 9 nitrogen and oxygen atoms in total. The summed E-state index contributed by atoms with van der Waals surface area (Å²) in [4.78, 5) is 31.9. The number of hydrogen-bond donors (Lipinski definition) is 3. The van der Waals surface area contributed by atoms with Gasteiger partial charge in [-0.25, -0.2) is 9.78 Å². The van der Waals surface area contributed by atoms with Crippen molar-refractivity contribution in [3.8, 4) is 0 Å². The Hall–Kier alpha value is -3.36. The highest BCUT2D eigenvalue weighted by atomic mass is 16.6. The molecule has 30 heavy (non-hydrogen) atoms. The number of carbonyl (C=O) groups is 2. The summed E-state index contributed by atoms with van der Waals surface area (Å²) in [7, 11) is 1.76. The summed E-state index contributed by atoms with van der Waals surface area (Å²) in [5.74, 6) is 0.648. The van der Waals surface area contributed by atoms with E-state index in [0.717, 1.165) is 30.2 Å². The first-order valence-electron chi connectivity index (χ1n) is 10.1. The molecule has 3 N–H and O–H groups in total. The molecule has 1 aliphatic carbocycles. The predicted octanol–water partition coefficient (Wildman–Crippen LogP) is 3.32. The summed E-state index contributed by atoms with van der Waals surface area (Å²) < 4.78 is 7.11. The number of amides is 2. The Morgan fingerprint density at radius 1 is 1.30 bits per heavy atom. The van der Waals surface area contributed by atoms with Gasteiger partial charge in [-0.15, -0.1) is 0 Å². The van der Waals surface area contributed by atoms with Crippen LogP contribution < -0.4 is 10.6 Å². The van der Waals surface area contributed by atoms with Gasteiger partial charge < -0.3 is 20.4 Å². The van der Waals surface area contributed by atoms with Gasteiger partial charge in [0.15, 0.2) is 0 Å². The second kappa shape index (κ2) is 8.17. The number of rotatable bonds is 5. The molecule has 9 heteroatoms. The molecule has 4 rings (SSSR count). The summed E-state index contributed by atoms with van der Waals surface area (Å²) in [6, 6.07) is 5.65. The molecule has 1 aliphatic rings. The second-order valence-corrected chi connectivity index (χ2v) is 8.02. The Balaban J connectivity index is 1.43. The zero-order chi connectivity index (χ0) is 21.3. The van der Waals surface area contributed by atoms with Gasteiger partial charge in [-0.05, 0) is 56.7 Å². The van der Waals surface area contributed by atoms with Crippen molar-refractivity contribution in [1.82, 2.24) is 25.1 Å². The van der Waals surface area contributed by atoms with E-state index in [4.69, 9.17) is 4.74 Å². The van der Waals surface area contributed by atoms with Gasteiger partial charge in [-0.3, -0.25) is 9.48 Å². The number of fused-ring (bicyclic) bond motifs is 1. The minimum absolute atomic E-state index is 0.0548. The molecule has 0 aromatic carbocycles. The van der Waals surface area contributed by atoms with E-state index in [0.29, 0.717) is 17.2 Å². The predicted molar refractivity (Wildman–Crippen MR) is 112 cm³/mol. The van der Waals surface area contributed by atoms with E-state index >= 15 is 0 Å². The molecule has 0 spiro atoms. The van der Waals surface area contributed by atoms with Crippen molar-refractivity contribution < 1.29 is 14.3 Å². The van der Waals surface area contributed by atoms with Crippen LogP contribution in [0, 0.1) is 0 Å². The standard InChI is InChI=1S/C21H26N6O3/c1-12(2)24-21(29)30-16-5-4-13(9-16)15-8-14-10-17(25-19(14)22-11-15)20(28)26-18-6-7-23-27(18)3/h6-8,10-13,16H,4-5,9H2,1-3H3,(H,22,25)(H,24,29)(H,26,28)/t13-,16+/m0/s1. The third-order valence-corrected chi connectivity index (χ3v) is 5.33. The van der Waals surface area contributed by atoms with E-state index in [-0.39, 0.29) is 30.1 Å². The Morgan fingerprint density at radius 2 is 2.13 bits per heavy atom. The number of aromatic amines is 1. The zero-order valence-corrected chi connectivity index (χ0v) is 17.3. The molecule has 0 radical (unpaired) electrons. The van der Waals surface area contributed by atoms with E-state index in [9.17, 15) is 9.59 Å². The van der Waals surface area contributed by atoms with Crippen LogP contribution in [0.25, 0.3) is 11.0 Å². The fraction of sp³-hybridized carbons (Fsp3) is 0.429. The summed E-state index contributed by atoms with van der Waals surface area (Å²) in [6.45, 7) is 3.81. The highest BCUT2D eigenvalue weighted by molar-refractivity contribution is 6.05. The Bertz CT molecular complexity index is 1070. The number of hydrogen-bond acceptors (Lipinski definition) is 5. The molecule has 158 valence electrons. The Kier molecular flexibility index (Phi) is 5.43. The lowest BCUT2D eigenvalue weighted by molar-refractivity contribution is 0.0980. The topological polar surface area (TPSA) is 114 Å². The second-order valence-electron chi connectivity index (χ2n) is 8.02. The van der Waals surface area contributed by atoms with E-state index in [1.54, 1.807) is 30.1 Å². The molecule has 3 heterocycles. The minimum atomic E-state index is -0.362. The molecular formula is C21H26N6O3. The van der Waals surface area contributed by atoms with Gasteiger partial charge in [0.25, 0.3) is 5.91 Å². The smallest absolute Gasteiger partial charge is 0.407 e. The van der Waals surface area contributed by atoms with Crippen LogP contribution in [0.2, 0.25) is 0 Å². The number of nitrogens with zero attached hydrogens (tertiary/aromatic N) is 3. The van der Waals surface area contributed by atoms with Crippen LogP contribution >= 0.6 is 0 Å². The maximum atomic E-state index is 12.5. The van der Waals surface area contributed by atoms with Gasteiger partial charge in [0.1, 0.15) is 23.3 Å². The van der Waals surface area contributed by atoms with Gasteiger partial charge in [0, 0.05) is 30.7 Å². The van der Waals surface area contributed by atoms with Crippen molar-refractivity contribution in [3.63, 3.8) is 0 Å². The third-order valence-electron chi connectivity index (χ3n) is 5.33. The first-order chi connectivity index (χ1) is 14.4. The van der Waals surface area contributed by atoms with Crippen molar-refractivity contribution in [2.24, 2.45) is 7.05 Å². The summed E-state index contributed by atoms with van der Waals surface area (Å²) >= 11 is 0. The zero-order valence-electron chi connectivity index (χ0n) is 17.3. The number of anilines is 1. The first-order valence-corrected chi connectivity index (χ1v) is 10.1. The van der Waals surface area contributed by atoms with Gasteiger partial charge in [0.05, 0.1) is 6.20 Å². The van der Waals surface area contributed by atoms with Crippen molar-refractivity contribution in [3.05, 3.63) is 41.9 Å².